The van der Waals surface area contributed by atoms with Crippen molar-refractivity contribution >= 4 is 23.3 Å². The number of para-hydroxylation sites is 1. The maximum absolute atomic E-state index is 12.0. The monoisotopic (exact) mass is 459 g/mol. The van der Waals surface area contributed by atoms with Gasteiger partial charge in [0, 0.05) is 5.02 Å². The fourth-order valence-electron chi connectivity index (χ4n) is 6.54. The molecule has 0 saturated heterocycles. The summed E-state index contributed by atoms with van der Waals surface area (Å²) in [5.41, 5.74) is 4.65. The number of carboxylic acids is 1. The van der Waals surface area contributed by atoms with Crippen molar-refractivity contribution in [1.29, 1.82) is 0 Å². The third-order valence-electron chi connectivity index (χ3n) is 7.91. The molecule has 5 heteroatoms. The lowest BCUT2D eigenvalue weighted by atomic mass is 9.67. The van der Waals surface area contributed by atoms with E-state index in [0.717, 1.165) is 22.0 Å². The number of carbonyl (C=O) groups is 1. The van der Waals surface area contributed by atoms with E-state index >= 15 is 0 Å². The maximum atomic E-state index is 12.0. The maximum Gasteiger partial charge on any atom is 0.337 e. The van der Waals surface area contributed by atoms with Gasteiger partial charge in [-0.25, -0.2) is 4.79 Å². The smallest absolute Gasteiger partial charge is 0.337 e. The third kappa shape index (κ3) is 3.57. The Balaban J connectivity index is 1.28. The molecule has 2 saturated carbocycles. The lowest BCUT2D eigenvalue weighted by molar-refractivity contribution is 0.0697. The average molecular weight is 460 g/mol. The van der Waals surface area contributed by atoms with Crippen LogP contribution in [0.1, 0.15) is 58.3 Å². The summed E-state index contributed by atoms with van der Waals surface area (Å²) in [5.74, 6) is 2.24. The van der Waals surface area contributed by atoms with E-state index in [1.165, 1.54) is 30.4 Å². The van der Waals surface area contributed by atoms with Crippen molar-refractivity contribution in [3.8, 4) is 5.75 Å². The van der Waals surface area contributed by atoms with Gasteiger partial charge < -0.3 is 15.2 Å². The fourth-order valence-corrected chi connectivity index (χ4v) is 6.67. The lowest BCUT2D eigenvalue weighted by Gasteiger charge is -2.44. The Morgan fingerprint density at radius 1 is 1.00 bits per heavy atom. The molecule has 0 unspecified atom stereocenters. The van der Waals surface area contributed by atoms with Crippen LogP contribution in [0.5, 0.6) is 5.75 Å². The first-order chi connectivity index (χ1) is 16.1. The second kappa shape index (κ2) is 8.11. The van der Waals surface area contributed by atoms with Crippen LogP contribution in [-0.4, -0.2) is 11.1 Å². The molecule has 33 heavy (non-hydrogen) atoms. The zero-order chi connectivity index (χ0) is 22.5. The molecule has 2 bridgehead atoms. The molecule has 0 aromatic heterocycles. The van der Waals surface area contributed by atoms with Crippen LogP contribution in [0, 0.1) is 17.8 Å². The molecule has 3 aromatic carbocycles. The molecule has 3 aromatic rings. The molecule has 2 N–H and O–H groups in total. The van der Waals surface area contributed by atoms with Crippen molar-refractivity contribution in [2.45, 2.75) is 37.8 Å². The minimum atomic E-state index is -0.870. The Bertz CT molecular complexity index is 1190. The van der Waals surface area contributed by atoms with Crippen molar-refractivity contribution in [2.24, 2.45) is 17.8 Å². The zero-order valence-corrected chi connectivity index (χ0v) is 19.0. The number of anilines is 1. The SMILES string of the molecule is O=C(O)c1cccc2c1N[C@H](c1ccc(OCc3ccc(Cl)cc3)cc1)[C@H]1[C@H]3CC[C@@H](C3)[C@@H]21. The van der Waals surface area contributed by atoms with Crippen LogP contribution in [0.3, 0.4) is 0 Å². The van der Waals surface area contributed by atoms with E-state index in [2.05, 4.69) is 23.5 Å². The van der Waals surface area contributed by atoms with Gasteiger partial charge in [0.25, 0.3) is 0 Å². The number of nitrogens with one attached hydrogen (secondary N) is 1. The van der Waals surface area contributed by atoms with Crippen LogP contribution < -0.4 is 10.1 Å². The Labute approximate surface area is 198 Å². The van der Waals surface area contributed by atoms with Gasteiger partial charge in [0.1, 0.15) is 12.4 Å². The molecule has 1 aliphatic heterocycles. The molecule has 4 nitrogen and oxygen atoms in total. The number of hydrogen-bond donors (Lipinski definition) is 2. The summed E-state index contributed by atoms with van der Waals surface area (Å²) >= 11 is 5.96. The Kier molecular flexibility index (Phi) is 5.06. The Morgan fingerprint density at radius 3 is 2.52 bits per heavy atom. The Hall–Kier alpha value is -2.98. The van der Waals surface area contributed by atoms with Crippen LogP contribution in [0.2, 0.25) is 5.02 Å². The molecule has 1 heterocycles. The fraction of sp³-hybridized carbons (Fsp3) is 0.321. The molecule has 0 spiro atoms. The average Bonchev–Trinajstić information content (AvgIpc) is 3.46. The molecule has 0 radical (unpaired) electrons. The first-order valence-electron chi connectivity index (χ1n) is 11.7. The van der Waals surface area contributed by atoms with Gasteiger partial charge in [-0.05, 0) is 90.0 Å². The van der Waals surface area contributed by atoms with E-state index in [1.54, 1.807) is 6.07 Å². The third-order valence-corrected chi connectivity index (χ3v) is 8.16. The summed E-state index contributed by atoms with van der Waals surface area (Å²) in [4.78, 5) is 12.0. The van der Waals surface area contributed by atoms with Gasteiger partial charge in [-0.2, -0.15) is 0 Å². The second-order valence-corrected chi connectivity index (χ2v) is 10.1. The summed E-state index contributed by atoms with van der Waals surface area (Å²) in [6, 6.07) is 21.8. The van der Waals surface area contributed by atoms with Crippen molar-refractivity contribution in [2.75, 3.05) is 5.32 Å². The number of carboxylic acid groups (broad SMARTS) is 1. The van der Waals surface area contributed by atoms with Gasteiger partial charge in [-0.1, -0.05) is 48.0 Å². The molecular weight excluding hydrogens is 434 g/mol. The molecule has 2 fully saturated rings. The van der Waals surface area contributed by atoms with Crippen LogP contribution in [0.4, 0.5) is 5.69 Å². The lowest BCUT2D eigenvalue weighted by Crippen LogP contribution is -2.36. The summed E-state index contributed by atoms with van der Waals surface area (Å²) in [7, 11) is 0. The van der Waals surface area contributed by atoms with Crippen LogP contribution in [-0.2, 0) is 6.61 Å². The van der Waals surface area contributed by atoms with E-state index in [0.29, 0.717) is 35.8 Å². The van der Waals surface area contributed by atoms with E-state index in [9.17, 15) is 9.90 Å². The number of hydrogen-bond acceptors (Lipinski definition) is 3. The Morgan fingerprint density at radius 2 is 1.76 bits per heavy atom. The van der Waals surface area contributed by atoms with Gasteiger partial charge in [0.15, 0.2) is 0 Å². The molecule has 2 aliphatic carbocycles. The van der Waals surface area contributed by atoms with Gasteiger partial charge in [0.05, 0.1) is 17.3 Å². The highest BCUT2D eigenvalue weighted by Gasteiger charge is 2.54. The van der Waals surface area contributed by atoms with Crippen LogP contribution >= 0.6 is 11.6 Å². The number of rotatable bonds is 5. The van der Waals surface area contributed by atoms with Gasteiger partial charge in [-0.3, -0.25) is 0 Å². The molecule has 0 amide bonds. The van der Waals surface area contributed by atoms with Crippen molar-refractivity contribution in [3.05, 3.63) is 94.0 Å². The summed E-state index contributed by atoms with van der Waals surface area (Å²) < 4.78 is 5.98. The van der Waals surface area contributed by atoms with E-state index in [-0.39, 0.29) is 6.04 Å². The molecular formula is C28H26ClNO3. The molecule has 5 atom stereocenters. The quantitative estimate of drug-likeness (QED) is 0.435. The summed E-state index contributed by atoms with van der Waals surface area (Å²) in [6.07, 6.45) is 3.79. The zero-order valence-electron chi connectivity index (χ0n) is 18.2. The molecule has 6 rings (SSSR count). The van der Waals surface area contributed by atoms with Gasteiger partial charge >= 0.3 is 5.97 Å². The van der Waals surface area contributed by atoms with Crippen molar-refractivity contribution in [3.63, 3.8) is 0 Å². The normalized spacial score (nSPS) is 26.9. The van der Waals surface area contributed by atoms with Gasteiger partial charge in [-0.15, -0.1) is 0 Å². The predicted molar refractivity (Wildman–Crippen MR) is 129 cm³/mol. The number of ether oxygens (including phenoxy) is 1. The minimum Gasteiger partial charge on any atom is -0.489 e. The predicted octanol–water partition coefficient (Wildman–Crippen LogP) is 6.91. The van der Waals surface area contributed by atoms with E-state index in [1.807, 2.05) is 42.5 Å². The number of fused-ring (bicyclic) bond motifs is 7. The van der Waals surface area contributed by atoms with Crippen molar-refractivity contribution < 1.29 is 14.6 Å². The van der Waals surface area contributed by atoms with Crippen LogP contribution in [0.15, 0.2) is 66.7 Å². The molecule has 168 valence electrons. The standard InChI is InChI=1S/C28H26ClNO3/c29-20-10-4-16(5-11-20)15-33-21-12-8-17(9-13-21)26-25-19-7-6-18(14-19)24(25)22-2-1-3-23(28(31)32)27(22)30-26/h1-5,8-13,18-19,24-26,30H,6-7,14-15H2,(H,31,32)/t18-,19-,24-,25-,26+/m0/s1. The molecule has 3 aliphatic rings. The highest BCUT2D eigenvalue weighted by Crippen LogP contribution is 2.64. The van der Waals surface area contributed by atoms with E-state index < -0.39 is 5.97 Å². The van der Waals surface area contributed by atoms with Crippen LogP contribution in [0.25, 0.3) is 0 Å². The summed E-state index contributed by atoms with van der Waals surface area (Å²) in [6.45, 7) is 0.488. The number of halogens is 1. The van der Waals surface area contributed by atoms with Crippen molar-refractivity contribution in [1.82, 2.24) is 0 Å². The van der Waals surface area contributed by atoms with Gasteiger partial charge in [0.2, 0.25) is 0 Å². The minimum absolute atomic E-state index is 0.114. The summed E-state index contributed by atoms with van der Waals surface area (Å²) in [5, 5.41) is 14.2. The first-order valence-corrected chi connectivity index (χ1v) is 12.1. The highest BCUT2D eigenvalue weighted by atomic mass is 35.5. The topological polar surface area (TPSA) is 58.6 Å². The number of benzene rings is 3. The largest absolute Gasteiger partial charge is 0.489 e. The highest BCUT2D eigenvalue weighted by molar-refractivity contribution is 6.30. The second-order valence-electron chi connectivity index (χ2n) is 9.62. The first kappa shape index (κ1) is 20.6. The van der Waals surface area contributed by atoms with E-state index in [4.69, 9.17) is 16.3 Å². The number of aromatic carboxylic acids is 1.